The molecule has 1 N–H and O–H groups in total. The van der Waals surface area contributed by atoms with Crippen molar-refractivity contribution >= 4 is 11.4 Å². The molecule has 0 aliphatic heterocycles. The lowest BCUT2D eigenvalue weighted by Gasteiger charge is -2.10. The number of nitro groups is 1. The third kappa shape index (κ3) is 3.28. The molecule has 1 heterocycles. The van der Waals surface area contributed by atoms with Crippen molar-refractivity contribution in [2.75, 3.05) is 12.4 Å². The monoisotopic (exact) mass is 287 g/mol. The second kappa shape index (κ2) is 6.21. The average molecular weight is 287 g/mol. The minimum absolute atomic E-state index is 0.136. The van der Waals surface area contributed by atoms with Gasteiger partial charge in [0, 0.05) is 17.4 Å². The number of benzene rings is 1. The van der Waals surface area contributed by atoms with E-state index in [2.05, 4.69) is 10.3 Å². The van der Waals surface area contributed by atoms with Gasteiger partial charge in [0.15, 0.2) is 0 Å². The molecule has 2 rings (SSSR count). The van der Waals surface area contributed by atoms with Gasteiger partial charge in [-0.3, -0.25) is 15.1 Å². The number of nitrogens with one attached hydrogen (secondary N) is 1. The van der Waals surface area contributed by atoms with Gasteiger partial charge in [-0.15, -0.1) is 0 Å². The van der Waals surface area contributed by atoms with Crippen molar-refractivity contribution in [1.29, 1.82) is 0 Å². The van der Waals surface area contributed by atoms with E-state index in [0.717, 1.165) is 11.4 Å². The van der Waals surface area contributed by atoms with Gasteiger partial charge in [0.2, 0.25) is 0 Å². The van der Waals surface area contributed by atoms with Gasteiger partial charge >= 0.3 is 0 Å². The summed E-state index contributed by atoms with van der Waals surface area (Å²) in [6, 6.07) is 7.47. The summed E-state index contributed by atoms with van der Waals surface area (Å²) in [6.07, 6.45) is 1.54. The molecule has 1 aromatic heterocycles. The Kier molecular flexibility index (Phi) is 4.37. The van der Waals surface area contributed by atoms with Crippen molar-refractivity contribution in [2.45, 2.75) is 20.4 Å². The largest absolute Gasteiger partial charge is 0.497 e. The van der Waals surface area contributed by atoms with Gasteiger partial charge in [-0.1, -0.05) is 0 Å². The van der Waals surface area contributed by atoms with Crippen LogP contribution in [0.1, 0.15) is 16.8 Å². The molecule has 0 aliphatic rings. The number of hydrogen-bond donors (Lipinski definition) is 1. The molecule has 21 heavy (non-hydrogen) atoms. The van der Waals surface area contributed by atoms with E-state index < -0.39 is 0 Å². The van der Waals surface area contributed by atoms with Gasteiger partial charge in [0.1, 0.15) is 5.75 Å². The van der Waals surface area contributed by atoms with Crippen LogP contribution in [0.25, 0.3) is 0 Å². The molecule has 6 nitrogen and oxygen atoms in total. The van der Waals surface area contributed by atoms with Crippen molar-refractivity contribution in [3.8, 4) is 5.75 Å². The molecule has 110 valence electrons. The highest BCUT2D eigenvalue weighted by Gasteiger charge is 2.18. The van der Waals surface area contributed by atoms with Crippen molar-refractivity contribution in [2.24, 2.45) is 0 Å². The lowest BCUT2D eigenvalue weighted by atomic mass is 10.1. The van der Waals surface area contributed by atoms with Crippen LogP contribution in [-0.2, 0) is 6.54 Å². The van der Waals surface area contributed by atoms with Crippen LogP contribution in [0.15, 0.2) is 30.5 Å². The maximum absolute atomic E-state index is 11.1. The third-order valence-electron chi connectivity index (χ3n) is 3.31. The van der Waals surface area contributed by atoms with Crippen LogP contribution in [0.5, 0.6) is 5.75 Å². The van der Waals surface area contributed by atoms with Crippen LogP contribution in [0, 0.1) is 24.0 Å². The van der Waals surface area contributed by atoms with Gasteiger partial charge in [-0.05, 0) is 38.1 Å². The molecule has 0 saturated heterocycles. The lowest BCUT2D eigenvalue weighted by Crippen LogP contribution is -2.07. The van der Waals surface area contributed by atoms with Crippen LogP contribution < -0.4 is 10.1 Å². The topological polar surface area (TPSA) is 77.3 Å². The Morgan fingerprint density at radius 3 is 2.52 bits per heavy atom. The highest BCUT2D eigenvalue weighted by atomic mass is 16.6. The summed E-state index contributed by atoms with van der Waals surface area (Å²) in [5.74, 6) is 0.779. The van der Waals surface area contributed by atoms with E-state index in [-0.39, 0.29) is 10.6 Å². The predicted molar refractivity (Wildman–Crippen MR) is 80.7 cm³/mol. The Morgan fingerprint density at radius 1 is 1.29 bits per heavy atom. The van der Waals surface area contributed by atoms with E-state index in [1.54, 1.807) is 21.0 Å². The summed E-state index contributed by atoms with van der Waals surface area (Å²) in [5.41, 5.74) is 2.88. The Balaban J connectivity index is 2.16. The van der Waals surface area contributed by atoms with E-state index in [1.165, 1.54) is 6.20 Å². The number of ether oxygens (including phenoxy) is 1. The molecular weight excluding hydrogens is 270 g/mol. The van der Waals surface area contributed by atoms with E-state index in [0.29, 0.717) is 23.4 Å². The fraction of sp³-hybridized carbons (Fsp3) is 0.267. The summed E-state index contributed by atoms with van der Waals surface area (Å²) in [5, 5.41) is 14.3. The Bertz CT molecular complexity index is 654. The molecule has 0 atom stereocenters. The molecule has 0 bridgehead atoms. The number of aryl methyl sites for hydroxylation is 1. The van der Waals surface area contributed by atoms with Gasteiger partial charge in [0.05, 0.1) is 29.8 Å². The van der Waals surface area contributed by atoms with Crippen molar-refractivity contribution in [3.63, 3.8) is 0 Å². The number of anilines is 1. The third-order valence-corrected chi connectivity index (χ3v) is 3.31. The SMILES string of the molecule is COc1ccc(NCc2ncc(C)c([N+](=O)[O-])c2C)cc1. The number of nitrogens with zero attached hydrogens (tertiary/aromatic N) is 2. The fourth-order valence-corrected chi connectivity index (χ4v) is 2.12. The quantitative estimate of drug-likeness (QED) is 0.674. The number of rotatable bonds is 5. The van der Waals surface area contributed by atoms with Gasteiger partial charge in [-0.2, -0.15) is 0 Å². The zero-order valence-electron chi connectivity index (χ0n) is 12.2. The van der Waals surface area contributed by atoms with E-state index in [1.807, 2.05) is 24.3 Å². The maximum Gasteiger partial charge on any atom is 0.278 e. The van der Waals surface area contributed by atoms with Crippen LogP contribution in [0.4, 0.5) is 11.4 Å². The molecule has 2 aromatic rings. The van der Waals surface area contributed by atoms with Crippen LogP contribution in [0.3, 0.4) is 0 Å². The molecule has 6 heteroatoms. The van der Waals surface area contributed by atoms with Crippen LogP contribution in [0.2, 0.25) is 0 Å². The molecule has 0 radical (unpaired) electrons. The Hall–Kier alpha value is -2.63. The number of hydrogen-bond acceptors (Lipinski definition) is 5. The first-order valence-electron chi connectivity index (χ1n) is 6.50. The number of methoxy groups -OCH3 is 1. The molecule has 1 aromatic carbocycles. The number of pyridine rings is 1. The first kappa shape index (κ1) is 14.8. The smallest absolute Gasteiger partial charge is 0.278 e. The molecule has 0 spiro atoms. The molecule has 0 fully saturated rings. The second-order valence-corrected chi connectivity index (χ2v) is 4.70. The van der Waals surface area contributed by atoms with E-state index in [9.17, 15) is 10.1 Å². The van der Waals surface area contributed by atoms with E-state index in [4.69, 9.17) is 4.74 Å². The first-order chi connectivity index (χ1) is 10.0. The van der Waals surface area contributed by atoms with Crippen molar-refractivity contribution in [3.05, 3.63) is 57.4 Å². The first-order valence-corrected chi connectivity index (χ1v) is 6.50. The Morgan fingerprint density at radius 2 is 1.95 bits per heavy atom. The lowest BCUT2D eigenvalue weighted by molar-refractivity contribution is -0.386. The van der Waals surface area contributed by atoms with E-state index >= 15 is 0 Å². The minimum atomic E-state index is -0.358. The normalized spacial score (nSPS) is 10.2. The van der Waals surface area contributed by atoms with Crippen LogP contribution in [-0.4, -0.2) is 17.0 Å². The van der Waals surface area contributed by atoms with Crippen LogP contribution >= 0.6 is 0 Å². The fourth-order valence-electron chi connectivity index (χ4n) is 2.12. The zero-order chi connectivity index (χ0) is 15.4. The zero-order valence-corrected chi connectivity index (χ0v) is 12.2. The minimum Gasteiger partial charge on any atom is -0.497 e. The predicted octanol–water partition coefficient (Wildman–Crippen LogP) is 3.23. The number of aromatic nitrogens is 1. The van der Waals surface area contributed by atoms with Gasteiger partial charge < -0.3 is 10.1 Å². The standard InChI is InChI=1S/C15H17N3O3/c1-10-8-17-14(11(2)15(10)18(19)20)9-16-12-4-6-13(21-3)7-5-12/h4-8,16H,9H2,1-3H3. The summed E-state index contributed by atoms with van der Waals surface area (Å²) in [4.78, 5) is 15.0. The molecule has 0 saturated carbocycles. The summed E-state index contributed by atoms with van der Waals surface area (Å²) in [7, 11) is 1.61. The molecule has 0 aliphatic carbocycles. The Labute approximate surface area is 122 Å². The highest BCUT2D eigenvalue weighted by Crippen LogP contribution is 2.24. The van der Waals surface area contributed by atoms with Gasteiger partial charge in [0.25, 0.3) is 5.69 Å². The second-order valence-electron chi connectivity index (χ2n) is 4.70. The van der Waals surface area contributed by atoms with Gasteiger partial charge in [-0.25, -0.2) is 0 Å². The molecule has 0 unspecified atom stereocenters. The average Bonchev–Trinajstić information content (AvgIpc) is 2.46. The summed E-state index contributed by atoms with van der Waals surface area (Å²) < 4.78 is 5.09. The molecule has 0 amide bonds. The maximum atomic E-state index is 11.1. The summed E-state index contributed by atoms with van der Waals surface area (Å²) >= 11 is 0. The van der Waals surface area contributed by atoms with Crippen molar-refractivity contribution in [1.82, 2.24) is 4.98 Å². The highest BCUT2D eigenvalue weighted by molar-refractivity contribution is 5.50. The van der Waals surface area contributed by atoms with Crippen molar-refractivity contribution < 1.29 is 9.66 Å². The molecular formula is C15H17N3O3. The summed E-state index contributed by atoms with van der Waals surface area (Å²) in [6.45, 7) is 3.85.